The molecular formula is C17H26N2OS. The number of hydrogen-bond donors (Lipinski definition) is 1. The van der Waals surface area contributed by atoms with E-state index < -0.39 is 0 Å². The molecule has 3 heterocycles. The van der Waals surface area contributed by atoms with Crippen molar-refractivity contribution in [2.75, 3.05) is 18.1 Å². The van der Waals surface area contributed by atoms with E-state index in [2.05, 4.69) is 29.7 Å². The Hall–Kier alpha value is -0.580. The van der Waals surface area contributed by atoms with Gasteiger partial charge in [0, 0.05) is 25.0 Å². The summed E-state index contributed by atoms with van der Waals surface area (Å²) in [5, 5.41) is 0. The molecular weight excluding hydrogens is 280 g/mol. The van der Waals surface area contributed by atoms with Crippen molar-refractivity contribution >= 4 is 11.8 Å². The highest BCUT2D eigenvalue weighted by atomic mass is 32.2. The van der Waals surface area contributed by atoms with Gasteiger partial charge in [-0.15, -0.1) is 0 Å². The molecule has 2 atom stereocenters. The molecule has 3 nitrogen and oxygen atoms in total. The van der Waals surface area contributed by atoms with Gasteiger partial charge in [0.15, 0.2) is 0 Å². The Labute approximate surface area is 132 Å². The van der Waals surface area contributed by atoms with Gasteiger partial charge >= 0.3 is 0 Å². The Balaban J connectivity index is 1.76. The van der Waals surface area contributed by atoms with Gasteiger partial charge in [0.2, 0.25) is 0 Å². The summed E-state index contributed by atoms with van der Waals surface area (Å²) in [6.07, 6.45) is 9.45. The number of aryl methyl sites for hydroxylation is 1. The first-order valence-electron chi connectivity index (χ1n) is 8.14. The maximum atomic E-state index is 6.65. The van der Waals surface area contributed by atoms with Crippen molar-refractivity contribution < 1.29 is 4.74 Å². The van der Waals surface area contributed by atoms with E-state index in [-0.39, 0.29) is 11.6 Å². The molecule has 0 amide bonds. The second-order valence-electron chi connectivity index (χ2n) is 6.35. The second-order valence-corrected chi connectivity index (χ2v) is 7.58. The maximum Gasteiger partial charge on any atom is 0.0701 e. The highest BCUT2D eigenvalue weighted by Crippen LogP contribution is 2.43. The molecule has 116 valence electrons. The van der Waals surface area contributed by atoms with Gasteiger partial charge in [-0.1, -0.05) is 6.92 Å². The summed E-state index contributed by atoms with van der Waals surface area (Å²) in [7, 11) is 0. The Morgan fingerprint density at radius 1 is 1.48 bits per heavy atom. The van der Waals surface area contributed by atoms with Crippen LogP contribution in [0.15, 0.2) is 18.5 Å². The van der Waals surface area contributed by atoms with Gasteiger partial charge in [-0.25, -0.2) is 0 Å². The third-order valence-electron chi connectivity index (χ3n) is 5.12. The quantitative estimate of drug-likeness (QED) is 0.930. The van der Waals surface area contributed by atoms with Crippen molar-refractivity contribution in [3.63, 3.8) is 0 Å². The molecule has 2 N–H and O–H groups in total. The molecule has 0 saturated carbocycles. The van der Waals surface area contributed by atoms with E-state index in [1.165, 1.54) is 35.5 Å². The molecule has 1 aromatic heterocycles. The molecule has 21 heavy (non-hydrogen) atoms. The summed E-state index contributed by atoms with van der Waals surface area (Å²) in [4.78, 5) is 4.24. The molecule has 1 aromatic rings. The molecule has 0 bridgehead atoms. The van der Waals surface area contributed by atoms with Gasteiger partial charge in [0.1, 0.15) is 0 Å². The van der Waals surface area contributed by atoms with E-state index in [0.717, 1.165) is 25.9 Å². The highest BCUT2D eigenvalue weighted by molar-refractivity contribution is 7.99. The zero-order chi connectivity index (χ0) is 14.7. The Bertz CT molecular complexity index is 468. The van der Waals surface area contributed by atoms with E-state index in [4.69, 9.17) is 10.5 Å². The molecule has 3 rings (SSSR count). The Morgan fingerprint density at radius 3 is 3.05 bits per heavy atom. The summed E-state index contributed by atoms with van der Waals surface area (Å²) in [5.74, 6) is 3.00. The van der Waals surface area contributed by atoms with Gasteiger partial charge in [0.25, 0.3) is 0 Å². The van der Waals surface area contributed by atoms with Crippen molar-refractivity contribution in [1.82, 2.24) is 4.98 Å². The van der Waals surface area contributed by atoms with Crippen LogP contribution in [0.25, 0.3) is 0 Å². The van der Waals surface area contributed by atoms with Gasteiger partial charge < -0.3 is 10.5 Å². The van der Waals surface area contributed by atoms with Crippen molar-refractivity contribution in [3.05, 3.63) is 29.6 Å². The van der Waals surface area contributed by atoms with Crippen molar-refractivity contribution in [2.24, 2.45) is 11.7 Å². The molecule has 1 spiro atoms. The lowest BCUT2D eigenvalue weighted by Crippen LogP contribution is -2.45. The first-order valence-corrected chi connectivity index (χ1v) is 9.30. The lowest BCUT2D eigenvalue weighted by Gasteiger charge is -2.45. The molecule has 2 aliphatic heterocycles. The summed E-state index contributed by atoms with van der Waals surface area (Å²) in [5.41, 5.74) is 9.35. The number of rotatable bonds is 3. The summed E-state index contributed by atoms with van der Waals surface area (Å²) < 4.78 is 6.20. The van der Waals surface area contributed by atoms with Gasteiger partial charge in [-0.3, -0.25) is 4.98 Å². The largest absolute Gasteiger partial charge is 0.375 e. The summed E-state index contributed by atoms with van der Waals surface area (Å²) in [6, 6.07) is 2.24. The number of nitrogens with two attached hydrogens (primary N) is 1. The smallest absolute Gasteiger partial charge is 0.0701 e. The van der Waals surface area contributed by atoms with Crippen LogP contribution in [0, 0.1) is 5.92 Å². The van der Waals surface area contributed by atoms with Crippen LogP contribution in [0.3, 0.4) is 0 Å². The van der Waals surface area contributed by atoms with E-state index in [0.29, 0.717) is 5.92 Å². The zero-order valence-electron chi connectivity index (χ0n) is 12.9. The minimum atomic E-state index is 0.116. The second kappa shape index (κ2) is 6.67. The predicted octanol–water partition coefficient (Wildman–Crippen LogP) is 3.34. The third kappa shape index (κ3) is 3.27. The Kier molecular flexibility index (Phi) is 4.87. The number of nitrogens with zero attached hydrogens (tertiary/aromatic N) is 1. The van der Waals surface area contributed by atoms with Crippen LogP contribution in [0.5, 0.6) is 0 Å². The van der Waals surface area contributed by atoms with Crippen molar-refractivity contribution in [3.8, 4) is 0 Å². The lowest BCUT2D eigenvalue weighted by molar-refractivity contribution is -0.105. The topological polar surface area (TPSA) is 48.1 Å². The molecule has 4 heteroatoms. The molecule has 0 aliphatic carbocycles. The average molecular weight is 306 g/mol. The SMILES string of the molecule is CCc1cnccc1C(N)C1CCOC2(CCSCC2)C1. The normalized spacial score (nSPS) is 26.7. The maximum absolute atomic E-state index is 6.65. The third-order valence-corrected chi connectivity index (χ3v) is 6.11. The van der Waals surface area contributed by atoms with Crippen molar-refractivity contribution in [2.45, 2.75) is 50.7 Å². The monoisotopic (exact) mass is 306 g/mol. The summed E-state index contributed by atoms with van der Waals surface area (Å²) in [6.45, 7) is 3.05. The minimum Gasteiger partial charge on any atom is -0.375 e. The van der Waals surface area contributed by atoms with Crippen LogP contribution >= 0.6 is 11.8 Å². The number of pyridine rings is 1. The summed E-state index contributed by atoms with van der Waals surface area (Å²) >= 11 is 2.06. The number of aromatic nitrogens is 1. The number of thioether (sulfide) groups is 1. The Morgan fingerprint density at radius 2 is 2.29 bits per heavy atom. The van der Waals surface area contributed by atoms with Gasteiger partial charge in [0.05, 0.1) is 5.60 Å². The van der Waals surface area contributed by atoms with Gasteiger partial charge in [-0.05, 0) is 66.7 Å². The van der Waals surface area contributed by atoms with E-state index >= 15 is 0 Å². The van der Waals surface area contributed by atoms with Crippen LogP contribution in [0.2, 0.25) is 0 Å². The van der Waals surface area contributed by atoms with E-state index in [1.54, 1.807) is 0 Å². The lowest BCUT2D eigenvalue weighted by atomic mass is 9.76. The molecule has 2 fully saturated rings. The first kappa shape index (κ1) is 15.3. The van der Waals surface area contributed by atoms with E-state index in [1.807, 2.05) is 12.4 Å². The standard InChI is InChI=1S/C17H26N2OS/c1-2-13-12-19-7-3-15(13)16(18)14-4-8-20-17(11-14)5-9-21-10-6-17/h3,7,12,14,16H,2,4-6,8-11,18H2,1H3. The zero-order valence-corrected chi connectivity index (χ0v) is 13.7. The molecule has 0 aromatic carbocycles. The predicted molar refractivity (Wildman–Crippen MR) is 88.5 cm³/mol. The fraction of sp³-hybridized carbons (Fsp3) is 0.706. The van der Waals surface area contributed by atoms with Crippen LogP contribution in [0.1, 0.15) is 49.8 Å². The first-order chi connectivity index (χ1) is 10.2. The molecule has 2 saturated heterocycles. The van der Waals surface area contributed by atoms with E-state index in [9.17, 15) is 0 Å². The fourth-order valence-electron chi connectivity index (χ4n) is 3.78. The highest BCUT2D eigenvalue weighted by Gasteiger charge is 2.40. The molecule has 2 aliphatic rings. The van der Waals surface area contributed by atoms with Crippen LogP contribution in [-0.4, -0.2) is 28.7 Å². The fourth-order valence-corrected chi connectivity index (χ4v) is 5.01. The number of ether oxygens (including phenoxy) is 1. The number of hydrogen-bond acceptors (Lipinski definition) is 4. The van der Waals surface area contributed by atoms with Crippen LogP contribution in [0.4, 0.5) is 0 Å². The van der Waals surface area contributed by atoms with Crippen LogP contribution < -0.4 is 5.73 Å². The minimum absolute atomic E-state index is 0.116. The van der Waals surface area contributed by atoms with Crippen molar-refractivity contribution in [1.29, 1.82) is 0 Å². The van der Waals surface area contributed by atoms with Crippen LogP contribution in [-0.2, 0) is 11.2 Å². The van der Waals surface area contributed by atoms with Gasteiger partial charge in [-0.2, -0.15) is 11.8 Å². The molecule has 2 unspecified atom stereocenters. The average Bonchev–Trinajstić information content (AvgIpc) is 2.55. The molecule has 0 radical (unpaired) electrons.